The highest BCUT2D eigenvalue weighted by Crippen LogP contribution is 2.22. The highest BCUT2D eigenvalue weighted by molar-refractivity contribution is 7.30. The van der Waals surface area contributed by atoms with Crippen molar-refractivity contribution in [2.45, 2.75) is 52.4 Å². The summed E-state index contributed by atoms with van der Waals surface area (Å²) in [7, 11) is -2.91. The van der Waals surface area contributed by atoms with Crippen LogP contribution < -0.4 is 0 Å². The first kappa shape index (κ1) is 16.0. The molecule has 1 aliphatic heterocycles. The van der Waals surface area contributed by atoms with Crippen molar-refractivity contribution in [1.82, 2.24) is 9.13 Å². The van der Waals surface area contributed by atoms with Gasteiger partial charge in [0.2, 0.25) is 0 Å². The fourth-order valence-corrected chi connectivity index (χ4v) is 8.43. The lowest BCUT2D eigenvalue weighted by molar-refractivity contribution is 0.653. The highest BCUT2D eigenvalue weighted by atomic mass is 29.2. The Morgan fingerprint density at radius 3 is 1.00 bits per heavy atom. The van der Waals surface area contributed by atoms with Crippen molar-refractivity contribution >= 4 is 32.1 Å². The largest absolute Gasteiger partial charge is 0.381 e. The van der Waals surface area contributed by atoms with Gasteiger partial charge in [-0.15, -0.1) is 0 Å². The summed E-state index contributed by atoms with van der Waals surface area (Å²) in [5.41, 5.74) is 0. The molecule has 0 fully saturated rings. The molecule has 0 saturated heterocycles. The van der Waals surface area contributed by atoms with E-state index >= 15 is 0 Å². The third-order valence-corrected chi connectivity index (χ3v) is 28.8. The van der Waals surface area contributed by atoms with Gasteiger partial charge >= 0.3 is 0 Å². The monoisotopic (exact) mass is 312 g/mol. The number of rotatable bonds is 4. The Bertz CT molecular complexity index is 302. The van der Waals surface area contributed by atoms with Crippen LogP contribution in [-0.4, -0.2) is 41.3 Å². The van der Waals surface area contributed by atoms with Crippen LogP contribution in [0.15, 0.2) is 24.8 Å². The molecule has 0 spiro atoms. The minimum atomic E-state index is -1.24. The normalized spacial score (nSPS) is 17.2. The lowest BCUT2D eigenvalue weighted by atomic mass is 10.7. The third kappa shape index (κ3) is 3.09. The molecule has 0 aromatic carbocycles. The van der Waals surface area contributed by atoms with Gasteiger partial charge in [-0.05, 0) is 0 Å². The molecule has 0 N–H and O–H groups in total. The van der Waals surface area contributed by atoms with Gasteiger partial charge in [-0.25, -0.2) is 0 Å². The zero-order chi connectivity index (χ0) is 14.1. The van der Waals surface area contributed by atoms with E-state index in [1.165, 1.54) is 0 Å². The second-order valence-electron chi connectivity index (χ2n) is 6.53. The summed E-state index contributed by atoms with van der Waals surface area (Å²) in [6.07, 6.45) is 9.35. The van der Waals surface area contributed by atoms with Gasteiger partial charge in [0.1, 0.15) is 15.5 Å². The first-order valence-corrected chi connectivity index (χ1v) is 19.5. The quantitative estimate of drug-likeness (QED) is 0.732. The van der Waals surface area contributed by atoms with E-state index in [2.05, 4.69) is 86.3 Å². The number of hydrogen-bond acceptors (Lipinski definition) is 2. The summed E-state index contributed by atoms with van der Waals surface area (Å²) < 4.78 is 5.06. The molecule has 0 saturated carbocycles. The SMILES string of the molecule is C[Si](C)[Si](C)(C)N1C=CN([Si](C)(C)[Si](C)C)C=C1. The Labute approximate surface area is 118 Å². The second kappa shape index (κ2) is 5.52. The van der Waals surface area contributed by atoms with Crippen LogP contribution in [0.4, 0.5) is 0 Å². The van der Waals surface area contributed by atoms with Crippen LogP contribution >= 0.6 is 0 Å². The van der Waals surface area contributed by atoms with Crippen molar-refractivity contribution in [3.8, 4) is 0 Å². The van der Waals surface area contributed by atoms with E-state index in [0.717, 1.165) is 0 Å². The van der Waals surface area contributed by atoms with E-state index in [4.69, 9.17) is 0 Å². The lowest BCUT2D eigenvalue weighted by Crippen LogP contribution is -2.57. The first-order valence-electron chi connectivity index (χ1n) is 6.65. The van der Waals surface area contributed by atoms with Crippen molar-refractivity contribution < 1.29 is 0 Å². The van der Waals surface area contributed by atoms with Crippen LogP contribution in [0.5, 0.6) is 0 Å². The Morgan fingerprint density at radius 1 is 0.611 bits per heavy atom. The molecular formula is C12H28N2Si4. The van der Waals surface area contributed by atoms with Gasteiger partial charge in [0.05, 0.1) is 16.6 Å². The molecular weight excluding hydrogens is 284 g/mol. The van der Waals surface area contributed by atoms with Gasteiger partial charge in [0, 0.05) is 24.8 Å². The Kier molecular flexibility index (Phi) is 4.91. The molecule has 18 heavy (non-hydrogen) atoms. The molecule has 1 aliphatic rings. The standard InChI is InChI=1S/C12H28N2Si4/c1-15(2)17(5,6)13-9-11-14(12-10-13)18(7,8)16(3)4/h9-12H,1-8H3. The van der Waals surface area contributed by atoms with Crippen molar-refractivity contribution in [1.29, 1.82) is 0 Å². The summed E-state index contributed by atoms with van der Waals surface area (Å²) in [5.74, 6) is 0. The average Bonchev–Trinajstić information content (AvgIpc) is 2.28. The average molecular weight is 313 g/mol. The topological polar surface area (TPSA) is 6.48 Å². The predicted octanol–water partition coefficient (Wildman–Crippen LogP) is 3.62. The van der Waals surface area contributed by atoms with Crippen LogP contribution in [0.25, 0.3) is 0 Å². The minimum absolute atomic E-state index is 0.217. The molecule has 0 aliphatic carbocycles. The molecule has 2 nitrogen and oxygen atoms in total. The number of hydrogen-bond donors (Lipinski definition) is 0. The molecule has 1 heterocycles. The van der Waals surface area contributed by atoms with Gasteiger partial charge in [-0.3, -0.25) is 0 Å². The predicted molar refractivity (Wildman–Crippen MR) is 91.9 cm³/mol. The molecule has 6 heteroatoms. The van der Waals surface area contributed by atoms with Gasteiger partial charge in [-0.2, -0.15) is 0 Å². The summed E-state index contributed by atoms with van der Waals surface area (Å²) >= 11 is 0. The Balaban J connectivity index is 2.83. The van der Waals surface area contributed by atoms with E-state index in [1.807, 2.05) is 0 Å². The van der Waals surface area contributed by atoms with Crippen molar-refractivity contribution in [2.75, 3.05) is 0 Å². The van der Waals surface area contributed by atoms with Crippen LogP contribution in [0.1, 0.15) is 0 Å². The summed E-state index contributed by atoms with van der Waals surface area (Å²) in [5, 5.41) is 0. The Hall–Kier alpha value is -0.0525. The highest BCUT2D eigenvalue weighted by Gasteiger charge is 2.35. The van der Waals surface area contributed by atoms with Crippen LogP contribution in [0.3, 0.4) is 0 Å². The molecule has 102 valence electrons. The zero-order valence-electron chi connectivity index (χ0n) is 13.2. The maximum Gasteiger partial charge on any atom is 0.141 e. The molecule has 0 bridgehead atoms. The summed E-state index contributed by atoms with van der Waals surface area (Å²) in [6.45, 7) is 19.7. The molecule has 0 amide bonds. The van der Waals surface area contributed by atoms with Crippen LogP contribution in [-0.2, 0) is 0 Å². The van der Waals surface area contributed by atoms with E-state index in [1.54, 1.807) is 0 Å². The third-order valence-electron chi connectivity index (χ3n) is 4.51. The van der Waals surface area contributed by atoms with Gasteiger partial charge < -0.3 is 9.13 Å². The second-order valence-corrected chi connectivity index (χ2v) is 31.1. The maximum atomic E-state index is 2.53. The van der Waals surface area contributed by atoms with Crippen molar-refractivity contribution in [3.05, 3.63) is 24.8 Å². The summed E-state index contributed by atoms with van der Waals surface area (Å²) in [4.78, 5) is 0. The van der Waals surface area contributed by atoms with Crippen molar-refractivity contribution in [2.24, 2.45) is 0 Å². The van der Waals surface area contributed by atoms with Gasteiger partial charge in [-0.1, -0.05) is 52.4 Å². The molecule has 1 rings (SSSR count). The Morgan fingerprint density at radius 2 is 0.833 bits per heavy atom. The molecule has 0 unspecified atom stereocenters. The smallest absolute Gasteiger partial charge is 0.141 e. The lowest BCUT2D eigenvalue weighted by Gasteiger charge is -2.43. The fourth-order valence-electron chi connectivity index (χ4n) is 1.65. The van der Waals surface area contributed by atoms with Crippen LogP contribution in [0.2, 0.25) is 52.4 Å². The van der Waals surface area contributed by atoms with Crippen LogP contribution in [0, 0.1) is 0 Å². The molecule has 0 atom stereocenters. The van der Waals surface area contributed by atoms with Crippen molar-refractivity contribution in [3.63, 3.8) is 0 Å². The molecule has 2 radical (unpaired) electrons. The minimum Gasteiger partial charge on any atom is -0.381 e. The summed E-state index contributed by atoms with van der Waals surface area (Å²) in [6, 6.07) is 0. The zero-order valence-corrected chi connectivity index (χ0v) is 17.2. The van der Waals surface area contributed by atoms with Gasteiger partial charge in [0.15, 0.2) is 0 Å². The van der Waals surface area contributed by atoms with E-state index < -0.39 is 15.5 Å². The molecule has 0 aromatic heterocycles. The maximum absolute atomic E-state index is 2.53. The number of nitrogens with zero attached hydrogens (tertiary/aromatic N) is 2. The van der Waals surface area contributed by atoms with E-state index in [9.17, 15) is 0 Å². The first-order chi connectivity index (χ1) is 8.10. The van der Waals surface area contributed by atoms with E-state index in [-0.39, 0.29) is 16.6 Å². The van der Waals surface area contributed by atoms with E-state index in [0.29, 0.717) is 0 Å². The van der Waals surface area contributed by atoms with Gasteiger partial charge in [0.25, 0.3) is 0 Å². The molecule has 0 aromatic rings. The fraction of sp³-hybridized carbons (Fsp3) is 0.667.